The Morgan fingerprint density at radius 1 is 1.08 bits per heavy atom. The summed E-state index contributed by atoms with van der Waals surface area (Å²) in [6.45, 7) is 7.97. The van der Waals surface area contributed by atoms with Gasteiger partial charge in [-0.25, -0.2) is 0 Å². The first-order valence-electron chi connectivity index (χ1n) is 9.46. The first-order chi connectivity index (χ1) is 12.5. The van der Waals surface area contributed by atoms with E-state index in [9.17, 15) is 4.79 Å². The van der Waals surface area contributed by atoms with Crippen molar-refractivity contribution in [2.24, 2.45) is 0 Å². The SMILES string of the molecule is Cc1ccc(N2C[C@H]3C[C@@H]2CN3C(=O)Cc2ccc(C(C)C)cc2)nn1. The molecule has 1 aromatic carbocycles. The predicted molar refractivity (Wildman–Crippen MR) is 102 cm³/mol. The summed E-state index contributed by atoms with van der Waals surface area (Å²) in [5, 5.41) is 8.48. The van der Waals surface area contributed by atoms with Gasteiger partial charge in [0.1, 0.15) is 0 Å². The summed E-state index contributed by atoms with van der Waals surface area (Å²) < 4.78 is 0. The number of amides is 1. The Balaban J connectivity index is 1.38. The van der Waals surface area contributed by atoms with Crippen LogP contribution in [0.25, 0.3) is 0 Å². The molecule has 136 valence electrons. The second-order valence-electron chi connectivity index (χ2n) is 7.85. The highest BCUT2D eigenvalue weighted by Gasteiger charge is 2.45. The maximum Gasteiger partial charge on any atom is 0.227 e. The summed E-state index contributed by atoms with van der Waals surface area (Å²) in [6, 6.07) is 13.2. The van der Waals surface area contributed by atoms with Gasteiger partial charge < -0.3 is 9.80 Å². The van der Waals surface area contributed by atoms with E-state index >= 15 is 0 Å². The van der Waals surface area contributed by atoms with Gasteiger partial charge in [0.25, 0.3) is 0 Å². The van der Waals surface area contributed by atoms with Gasteiger partial charge in [-0.05, 0) is 42.5 Å². The number of fused-ring (bicyclic) bond motifs is 2. The summed E-state index contributed by atoms with van der Waals surface area (Å²) in [7, 11) is 0. The lowest BCUT2D eigenvalue weighted by Crippen LogP contribution is -2.49. The first kappa shape index (κ1) is 17.0. The van der Waals surface area contributed by atoms with Gasteiger partial charge in [-0.3, -0.25) is 4.79 Å². The molecule has 4 rings (SSSR count). The van der Waals surface area contributed by atoms with Crippen molar-refractivity contribution in [1.29, 1.82) is 0 Å². The van der Waals surface area contributed by atoms with Crippen LogP contribution in [-0.2, 0) is 11.2 Å². The second-order valence-corrected chi connectivity index (χ2v) is 7.85. The molecule has 2 bridgehead atoms. The fourth-order valence-electron chi connectivity index (χ4n) is 4.09. The number of hydrogen-bond acceptors (Lipinski definition) is 4. The monoisotopic (exact) mass is 350 g/mol. The smallest absolute Gasteiger partial charge is 0.227 e. The maximum absolute atomic E-state index is 12.8. The molecule has 2 aliphatic heterocycles. The minimum absolute atomic E-state index is 0.240. The molecule has 26 heavy (non-hydrogen) atoms. The highest BCUT2D eigenvalue weighted by atomic mass is 16.2. The molecule has 2 aromatic rings. The third-order valence-corrected chi connectivity index (χ3v) is 5.64. The van der Waals surface area contributed by atoms with Crippen molar-refractivity contribution in [3.63, 3.8) is 0 Å². The Morgan fingerprint density at radius 3 is 2.42 bits per heavy atom. The van der Waals surface area contributed by atoms with Crippen LogP contribution in [0.1, 0.15) is 43.0 Å². The Labute approximate surface area is 155 Å². The van der Waals surface area contributed by atoms with E-state index in [1.807, 2.05) is 19.1 Å². The Bertz CT molecular complexity index is 785. The fourth-order valence-corrected chi connectivity index (χ4v) is 4.09. The largest absolute Gasteiger partial charge is 0.348 e. The van der Waals surface area contributed by atoms with Gasteiger partial charge in [0.2, 0.25) is 5.91 Å². The third-order valence-electron chi connectivity index (χ3n) is 5.64. The van der Waals surface area contributed by atoms with Crippen molar-refractivity contribution in [3.05, 3.63) is 53.2 Å². The van der Waals surface area contributed by atoms with Gasteiger partial charge in [-0.15, -0.1) is 5.10 Å². The molecule has 5 heteroatoms. The van der Waals surface area contributed by atoms with Crippen LogP contribution in [0.15, 0.2) is 36.4 Å². The average Bonchev–Trinajstić information content (AvgIpc) is 3.23. The van der Waals surface area contributed by atoms with E-state index in [2.05, 4.69) is 58.1 Å². The molecule has 0 spiro atoms. The average molecular weight is 350 g/mol. The highest BCUT2D eigenvalue weighted by Crippen LogP contribution is 2.33. The Kier molecular flexibility index (Phi) is 4.39. The quantitative estimate of drug-likeness (QED) is 0.851. The van der Waals surface area contributed by atoms with Gasteiger partial charge in [0, 0.05) is 13.1 Å². The molecule has 5 nitrogen and oxygen atoms in total. The minimum atomic E-state index is 0.240. The van der Waals surface area contributed by atoms with Crippen LogP contribution in [0.5, 0.6) is 0 Å². The van der Waals surface area contributed by atoms with Crippen LogP contribution < -0.4 is 4.90 Å². The number of benzene rings is 1. The number of rotatable bonds is 4. The summed E-state index contributed by atoms with van der Waals surface area (Å²) in [6.07, 6.45) is 1.53. The number of anilines is 1. The van der Waals surface area contributed by atoms with Crippen molar-refractivity contribution in [3.8, 4) is 0 Å². The Morgan fingerprint density at radius 2 is 1.85 bits per heavy atom. The van der Waals surface area contributed by atoms with Gasteiger partial charge in [-0.1, -0.05) is 38.1 Å². The van der Waals surface area contributed by atoms with E-state index in [0.29, 0.717) is 24.4 Å². The third kappa shape index (κ3) is 3.18. The molecule has 0 saturated carbocycles. The van der Waals surface area contributed by atoms with E-state index in [-0.39, 0.29) is 5.91 Å². The Hall–Kier alpha value is -2.43. The normalized spacial score (nSPS) is 21.7. The molecule has 0 N–H and O–H groups in total. The molecule has 2 saturated heterocycles. The molecular weight excluding hydrogens is 324 g/mol. The van der Waals surface area contributed by atoms with Crippen LogP contribution in [0.4, 0.5) is 5.82 Å². The molecule has 1 amide bonds. The maximum atomic E-state index is 12.8. The molecule has 2 atom stereocenters. The van der Waals surface area contributed by atoms with Crippen LogP contribution in [0.2, 0.25) is 0 Å². The van der Waals surface area contributed by atoms with Crippen LogP contribution >= 0.6 is 0 Å². The molecule has 2 fully saturated rings. The van der Waals surface area contributed by atoms with Gasteiger partial charge in [-0.2, -0.15) is 5.10 Å². The lowest BCUT2D eigenvalue weighted by Gasteiger charge is -2.34. The van der Waals surface area contributed by atoms with E-state index in [1.54, 1.807) is 0 Å². The highest BCUT2D eigenvalue weighted by molar-refractivity contribution is 5.80. The molecular formula is C21H26N4O. The van der Waals surface area contributed by atoms with Crippen molar-refractivity contribution in [2.75, 3.05) is 18.0 Å². The van der Waals surface area contributed by atoms with Gasteiger partial charge >= 0.3 is 0 Å². The summed E-state index contributed by atoms with van der Waals surface area (Å²) in [5.74, 6) is 1.69. The standard InChI is InChI=1S/C21H26N4O/c1-14(2)17-7-5-16(6-8-17)10-21(26)25-13-18-11-19(25)12-24(18)20-9-4-15(3)22-23-20/h4-9,14,18-19H,10-13H2,1-3H3/t18-,19-/m1/s1. The predicted octanol–water partition coefficient (Wildman–Crippen LogP) is 2.94. The molecule has 1 aromatic heterocycles. The number of aromatic nitrogens is 2. The number of aryl methyl sites for hydroxylation is 1. The van der Waals surface area contributed by atoms with Crippen molar-refractivity contribution in [1.82, 2.24) is 15.1 Å². The molecule has 3 heterocycles. The zero-order valence-electron chi connectivity index (χ0n) is 15.7. The zero-order valence-corrected chi connectivity index (χ0v) is 15.7. The fraction of sp³-hybridized carbons (Fsp3) is 0.476. The number of carbonyl (C=O) groups excluding carboxylic acids is 1. The number of likely N-dealkylation sites (tertiary alicyclic amines) is 1. The molecule has 2 aliphatic rings. The van der Waals surface area contributed by atoms with Gasteiger partial charge in [0.15, 0.2) is 5.82 Å². The molecule has 0 radical (unpaired) electrons. The molecule has 0 aliphatic carbocycles. The number of nitrogens with zero attached hydrogens (tertiary/aromatic N) is 4. The topological polar surface area (TPSA) is 49.3 Å². The second kappa shape index (κ2) is 6.71. The van der Waals surface area contributed by atoms with E-state index < -0.39 is 0 Å². The van der Waals surface area contributed by atoms with Crippen LogP contribution in [0, 0.1) is 6.92 Å². The number of carbonyl (C=O) groups is 1. The lowest BCUT2D eigenvalue weighted by atomic mass is 10.0. The van der Waals surface area contributed by atoms with E-state index in [0.717, 1.165) is 36.6 Å². The van der Waals surface area contributed by atoms with Crippen molar-refractivity contribution < 1.29 is 4.79 Å². The minimum Gasteiger partial charge on any atom is -0.348 e. The van der Waals surface area contributed by atoms with E-state index in [4.69, 9.17) is 0 Å². The molecule has 0 unspecified atom stereocenters. The van der Waals surface area contributed by atoms with Gasteiger partial charge in [0.05, 0.1) is 24.2 Å². The lowest BCUT2D eigenvalue weighted by molar-refractivity contribution is -0.131. The number of hydrogen-bond donors (Lipinski definition) is 0. The summed E-state index contributed by atoms with van der Waals surface area (Å²) in [4.78, 5) is 17.2. The van der Waals surface area contributed by atoms with Crippen LogP contribution in [-0.4, -0.2) is 46.2 Å². The summed E-state index contributed by atoms with van der Waals surface area (Å²) in [5.41, 5.74) is 3.35. The zero-order chi connectivity index (χ0) is 18.3. The number of piperazine rings is 1. The summed E-state index contributed by atoms with van der Waals surface area (Å²) >= 11 is 0. The van der Waals surface area contributed by atoms with Crippen molar-refractivity contribution in [2.45, 2.75) is 51.6 Å². The van der Waals surface area contributed by atoms with E-state index in [1.165, 1.54) is 5.56 Å². The first-order valence-corrected chi connectivity index (χ1v) is 9.46. The van der Waals surface area contributed by atoms with Crippen molar-refractivity contribution >= 4 is 11.7 Å². The van der Waals surface area contributed by atoms with Crippen LogP contribution in [0.3, 0.4) is 0 Å².